The Kier molecular flexibility index (Phi) is 3.39. The first-order valence-electron chi connectivity index (χ1n) is 3.95. The van der Waals surface area contributed by atoms with Crippen molar-refractivity contribution in [2.45, 2.75) is 0 Å². The lowest BCUT2D eigenvalue weighted by molar-refractivity contribution is -0.128. The predicted octanol–water partition coefficient (Wildman–Crippen LogP) is 0.867. The summed E-state index contributed by atoms with van der Waals surface area (Å²) in [6, 6.07) is 5.76. The van der Waals surface area contributed by atoms with Crippen molar-refractivity contribution in [3.63, 3.8) is 0 Å². The third-order valence-electron chi connectivity index (χ3n) is 1.50. The van der Waals surface area contributed by atoms with Gasteiger partial charge in [-0.15, -0.1) is 0 Å². The number of anilines is 1. The summed E-state index contributed by atoms with van der Waals surface area (Å²) < 4.78 is 0. The quantitative estimate of drug-likeness (QED) is 0.503. The molecule has 6 heteroatoms. The standard InChI is InChI=1S/C9H8N2O4/c12-8(13)5-10-11-7-3-1-6(2-4-7)9(14)15/h1-5,11H,(H,12,13)(H,14,15). The topological polar surface area (TPSA) is 99.0 Å². The van der Waals surface area contributed by atoms with Crippen LogP contribution in [0.25, 0.3) is 0 Å². The van der Waals surface area contributed by atoms with Gasteiger partial charge < -0.3 is 10.2 Å². The maximum atomic E-state index is 10.5. The number of hydrazone groups is 1. The Morgan fingerprint density at radius 2 is 1.80 bits per heavy atom. The molecule has 0 fully saturated rings. The number of nitrogens with zero attached hydrogens (tertiary/aromatic N) is 1. The average molecular weight is 208 g/mol. The highest BCUT2D eigenvalue weighted by Gasteiger charge is 2.00. The summed E-state index contributed by atoms with van der Waals surface area (Å²) in [5, 5.41) is 20.2. The highest BCUT2D eigenvalue weighted by atomic mass is 16.4. The van der Waals surface area contributed by atoms with Crippen LogP contribution in [0.15, 0.2) is 29.4 Å². The van der Waals surface area contributed by atoms with Crippen molar-refractivity contribution in [3.05, 3.63) is 29.8 Å². The van der Waals surface area contributed by atoms with Gasteiger partial charge in [0.1, 0.15) is 6.21 Å². The van der Waals surface area contributed by atoms with Crippen LogP contribution in [-0.2, 0) is 4.79 Å². The van der Waals surface area contributed by atoms with Gasteiger partial charge in [-0.3, -0.25) is 5.43 Å². The molecule has 0 atom stereocenters. The summed E-state index contributed by atoms with van der Waals surface area (Å²) in [6.45, 7) is 0. The SMILES string of the molecule is O=C(O)C=NNc1ccc(C(=O)O)cc1. The molecule has 1 rings (SSSR count). The maximum absolute atomic E-state index is 10.5. The Bertz CT molecular complexity index is 397. The fourth-order valence-electron chi connectivity index (χ4n) is 0.849. The molecule has 0 bridgehead atoms. The lowest BCUT2D eigenvalue weighted by Crippen LogP contribution is -1.99. The molecule has 1 aromatic carbocycles. The lowest BCUT2D eigenvalue weighted by atomic mass is 10.2. The van der Waals surface area contributed by atoms with Crippen molar-refractivity contribution >= 4 is 23.8 Å². The van der Waals surface area contributed by atoms with Crippen molar-refractivity contribution in [2.75, 3.05) is 5.43 Å². The predicted molar refractivity (Wildman–Crippen MR) is 53.2 cm³/mol. The molecule has 0 amide bonds. The first-order valence-corrected chi connectivity index (χ1v) is 3.95. The summed E-state index contributed by atoms with van der Waals surface area (Å²) in [5.74, 6) is -2.18. The number of carboxylic acids is 2. The Balaban J connectivity index is 2.65. The van der Waals surface area contributed by atoms with Crippen molar-refractivity contribution < 1.29 is 19.8 Å². The molecule has 0 saturated carbocycles. The lowest BCUT2D eigenvalue weighted by Gasteiger charge is -1.99. The van der Waals surface area contributed by atoms with E-state index in [1.165, 1.54) is 24.3 Å². The number of aromatic carboxylic acids is 1. The number of nitrogens with one attached hydrogen (secondary N) is 1. The van der Waals surface area contributed by atoms with Gasteiger partial charge in [0, 0.05) is 0 Å². The normalized spacial score (nSPS) is 10.1. The van der Waals surface area contributed by atoms with Crippen LogP contribution in [0.5, 0.6) is 0 Å². The van der Waals surface area contributed by atoms with Gasteiger partial charge in [0.2, 0.25) is 0 Å². The average Bonchev–Trinajstić information content (AvgIpc) is 2.18. The number of rotatable bonds is 4. The van der Waals surface area contributed by atoms with Crippen molar-refractivity contribution in [3.8, 4) is 0 Å². The zero-order valence-electron chi connectivity index (χ0n) is 7.54. The summed E-state index contributed by atoms with van der Waals surface area (Å²) in [4.78, 5) is 20.6. The van der Waals surface area contributed by atoms with Crippen LogP contribution in [0, 0.1) is 0 Å². The van der Waals surface area contributed by atoms with E-state index in [-0.39, 0.29) is 5.56 Å². The molecule has 1 aromatic rings. The van der Waals surface area contributed by atoms with Gasteiger partial charge >= 0.3 is 11.9 Å². The molecule has 0 unspecified atom stereocenters. The Labute approximate surface area is 84.9 Å². The molecule has 0 saturated heterocycles. The van der Waals surface area contributed by atoms with Gasteiger partial charge in [-0.25, -0.2) is 9.59 Å². The molecule has 3 N–H and O–H groups in total. The third-order valence-corrected chi connectivity index (χ3v) is 1.50. The molecule has 0 radical (unpaired) electrons. The number of hydrogen-bond donors (Lipinski definition) is 3. The van der Waals surface area contributed by atoms with Crippen LogP contribution in [-0.4, -0.2) is 28.4 Å². The van der Waals surface area contributed by atoms with Gasteiger partial charge in [0.15, 0.2) is 0 Å². The summed E-state index contributed by atoms with van der Waals surface area (Å²) in [7, 11) is 0. The fraction of sp³-hybridized carbons (Fsp3) is 0. The Hall–Kier alpha value is -2.37. The second kappa shape index (κ2) is 4.75. The number of carboxylic acid groups (broad SMARTS) is 2. The molecular formula is C9H8N2O4. The van der Waals surface area contributed by atoms with Crippen LogP contribution in [0.2, 0.25) is 0 Å². The molecular weight excluding hydrogens is 200 g/mol. The monoisotopic (exact) mass is 208 g/mol. The summed E-state index contributed by atoms with van der Waals surface area (Å²) >= 11 is 0. The van der Waals surface area contributed by atoms with E-state index in [4.69, 9.17) is 10.2 Å². The van der Waals surface area contributed by atoms with Gasteiger partial charge in [-0.2, -0.15) is 5.10 Å². The molecule has 0 spiro atoms. The number of hydrogen-bond acceptors (Lipinski definition) is 4. The van der Waals surface area contributed by atoms with Crippen LogP contribution in [0.4, 0.5) is 5.69 Å². The van der Waals surface area contributed by atoms with Gasteiger partial charge in [-0.05, 0) is 24.3 Å². The molecule has 0 aromatic heterocycles. The van der Waals surface area contributed by atoms with Gasteiger partial charge in [0.05, 0.1) is 11.3 Å². The third kappa shape index (κ3) is 3.47. The van der Waals surface area contributed by atoms with Crippen molar-refractivity contribution in [2.24, 2.45) is 5.10 Å². The summed E-state index contributed by atoms with van der Waals surface area (Å²) in [6.07, 6.45) is 0.700. The fourth-order valence-corrected chi connectivity index (χ4v) is 0.849. The number of carbonyl (C=O) groups is 2. The van der Waals surface area contributed by atoms with E-state index in [1.807, 2.05) is 0 Å². The Morgan fingerprint density at radius 3 is 2.27 bits per heavy atom. The van der Waals surface area contributed by atoms with E-state index >= 15 is 0 Å². The van der Waals surface area contributed by atoms with Crippen LogP contribution in [0.1, 0.15) is 10.4 Å². The first-order chi connectivity index (χ1) is 7.09. The first kappa shape index (κ1) is 10.7. The van der Waals surface area contributed by atoms with E-state index in [2.05, 4.69) is 10.5 Å². The molecule has 78 valence electrons. The Morgan fingerprint density at radius 1 is 1.20 bits per heavy atom. The number of benzene rings is 1. The van der Waals surface area contributed by atoms with Crippen molar-refractivity contribution in [1.82, 2.24) is 0 Å². The van der Waals surface area contributed by atoms with Crippen LogP contribution >= 0.6 is 0 Å². The molecule has 6 nitrogen and oxygen atoms in total. The van der Waals surface area contributed by atoms with E-state index < -0.39 is 11.9 Å². The molecule has 0 aliphatic heterocycles. The van der Waals surface area contributed by atoms with Gasteiger partial charge in [0.25, 0.3) is 0 Å². The maximum Gasteiger partial charge on any atom is 0.348 e. The van der Waals surface area contributed by atoms with Crippen molar-refractivity contribution in [1.29, 1.82) is 0 Å². The zero-order valence-corrected chi connectivity index (χ0v) is 7.54. The molecule has 0 aliphatic rings. The zero-order chi connectivity index (χ0) is 11.3. The second-order valence-corrected chi connectivity index (χ2v) is 2.59. The van der Waals surface area contributed by atoms with Crippen LogP contribution < -0.4 is 5.43 Å². The molecule has 0 aliphatic carbocycles. The minimum Gasteiger partial charge on any atom is -0.478 e. The molecule has 0 heterocycles. The van der Waals surface area contributed by atoms with Gasteiger partial charge in [-0.1, -0.05) is 0 Å². The summed E-state index contributed by atoms with van der Waals surface area (Å²) in [5.41, 5.74) is 3.10. The second-order valence-electron chi connectivity index (χ2n) is 2.59. The smallest absolute Gasteiger partial charge is 0.348 e. The van der Waals surface area contributed by atoms with E-state index in [1.54, 1.807) is 0 Å². The molecule has 15 heavy (non-hydrogen) atoms. The minimum atomic E-state index is -1.16. The van der Waals surface area contributed by atoms with E-state index in [9.17, 15) is 9.59 Å². The van der Waals surface area contributed by atoms with E-state index in [0.717, 1.165) is 0 Å². The highest BCUT2D eigenvalue weighted by molar-refractivity contribution is 6.22. The highest BCUT2D eigenvalue weighted by Crippen LogP contribution is 2.08. The minimum absolute atomic E-state index is 0.155. The van der Waals surface area contributed by atoms with Crippen LogP contribution in [0.3, 0.4) is 0 Å². The number of aliphatic carboxylic acids is 1. The van der Waals surface area contributed by atoms with E-state index in [0.29, 0.717) is 11.9 Å². The largest absolute Gasteiger partial charge is 0.478 e.